The van der Waals surface area contributed by atoms with E-state index < -0.39 is 6.10 Å². The van der Waals surface area contributed by atoms with Gasteiger partial charge in [-0.1, -0.05) is 0 Å². The number of aryl methyl sites for hydroxylation is 1. The Kier molecular flexibility index (Phi) is 4.16. The van der Waals surface area contributed by atoms with E-state index in [1.807, 2.05) is 39.9 Å². The van der Waals surface area contributed by atoms with E-state index in [0.717, 1.165) is 35.3 Å². The van der Waals surface area contributed by atoms with Crippen molar-refractivity contribution < 1.29 is 14.6 Å². The van der Waals surface area contributed by atoms with Gasteiger partial charge < -0.3 is 19.7 Å². The van der Waals surface area contributed by atoms with Crippen LogP contribution in [0, 0.1) is 0 Å². The monoisotopic (exact) mass is 354 g/mol. The third kappa shape index (κ3) is 2.94. The summed E-state index contributed by atoms with van der Waals surface area (Å²) in [5, 5.41) is 15.1. The standard InChI is InChI=1S/C19H22N4O3/c1-12(24)17-10-14-11-22(6-3-7-23(14)21-17)19(25)18-9-13-8-15(26-2)4-5-16(13)20-18/h4-5,8-10,12,20,24H,3,6-7,11H2,1-2H3. The molecule has 26 heavy (non-hydrogen) atoms. The first kappa shape index (κ1) is 16.7. The summed E-state index contributed by atoms with van der Waals surface area (Å²) in [4.78, 5) is 18.0. The molecule has 0 saturated heterocycles. The molecule has 1 atom stereocenters. The van der Waals surface area contributed by atoms with Crippen molar-refractivity contribution in [2.45, 2.75) is 32.5 Å². The number of hydrogen-bond donors (Lipinski definition) is 2. The summed E-state index contributed by atoms with van der Waals surface area (Å²) in [5.74, 6) is 0.730. The van der Waals surface area contributed by atoms with Crippen molar-refractivity contribution in [1.29, 1.82) is 0 Å². The summed E-state index contributed by atoms with van der Waals surface area (Å²) in [6.07, 6.45) is 0.218. The molecule has 7 nitrogen and oxygen atoms in total. The number of aliphatic hydroxyl groups is 1. The van der Waals surface area contributed by atoms with Crippen LogP contribution in [0.2, 0.25) is 0 Å². The van der Waals surface area contributed by atoms with Crippen LogP contribution in [0.15, 0.2) is 30.3 Å². The summed E-state index contributed by atoms with van der Waals surface area (Å²) in [6.45, 7) is 3.60. The number of amides is 1. The summed E-state index contributed by atoms with van der Waals surface area (Å²) in [7, 11) is 1.63. The van der Waals surface area contributed by atoms with Gasteiger partial charge in [-0.25, -0.2) is 0 Å². The minimum atomic E-state index is -0.609. The van der Waals surface area contributed by atoms with Crippen LogP contribution in [0.4, 0.5) is 0 Å². The van der Waals surface area contributed by atoms with Gasteiger partial charge in [0.2, 0.25) is 0 Å². The summed E-state index contributed by atoms with van der Waals surface area (Å²) >= 11 is 0. The van der Waals surface area contributed by atoms with Crippen molar-refractivity contribution >= 4 is 16.8 Å². The number of aromatic amines is 1. The number of aliphatic hydroxyl groups excluding tert-OH is 1. The maximum atomic E-state index is 13.0. The number of nitrogens with one attached hydrogen (secondary N) is 1. The highest BCUT2D eigenvalue weighted by Gasteiger charge is 2.23. The smallest absolute Gasteiger partial charge is 0.270 e. The van der Waals surface area contributed by atoms with Crippen LogP contribution in [-0.4, -0.2) is 44.3 Å². The highest BCUT2D eigenvalue weighted by Crippen LogP contribution is 2.24. The molecular formula is C19H22N4O3. The van der Waals surface area contributed by atoms with Gasteiger partial charge in [0.1, 0.15) is 11.4 Å². The fourth-order valence-electron chi connectivity index (χ4n) is 3.39. The van der Waals surface area contributed by atoms with Gasteiger partial charge in [-0.2, -0.15) is 5.10 Å². The molecule has 0 aliphatic carbocycles. The second kappa shape index (κ2) is 6.49. The molecule has 0 radical (unpaired) electrons. The molecule has 0 saturated carbocycles. The average molecular weight is 354 g/mol. The van der Waals surface area contributed by atoms with Gasteiger partial charge in [0.25, 0.3) is 5.91 Å². The van der Waals surface area contributed by atoms with Gasteiger partial charge in [-0.05, 0) is 43.7 Å². The Morgan fingerprint density at radius 1 is 1.31 bits per heavy atom. The Labute approximate surface area is 151 Å². The van der Waals surface area contributed by atoms with Gasteiger partial charge >= 0.3 is 0 Å². The number of carbonyl (C=O) groups excluding carboxylic acids is 1. The maximum Gasteiger partial charge on any atom is 0.270 e. The van der Waals surface area contributed by atoms with E-state index in [2.05, 4.69) is 10.1 Å². The predicted molar refractivity (Wildman–Crippen MR) is 97.1 cm³/mol. The molecule has 7 heteroatoms. The van der Waals surface area contributed by atoms with Crippen LogP contribution in [-0.2, 0) is 13.1 Å². The summed E-state index contributed by atoms with van der Waals surface area (Å²) in [6, 6.07) is 9.44. The Hall–Kier alpha value is -2.80. The number of aromatic nitrogens is 3. The average Bonchev–Trinajstić information content (AvgIpc) is 3.19. The minimum absolute atomic E-state index is 0.0339. The number of rotatable bonds is 3. The first-order chi connectivity index (χ1) is 12.5. The van der Waals surface area contributed by atoms with Crippen LogP contribution < -0.4 is 4.74 Å². The molecule has 0 spiro atoms. The molecule has 3 heterocycles. The van der Waals surface area contributed by atoms with E-state index in [4.69, 9.17) is 4.74 Å². The molecule has 2 aromatic heterocycles. The lowest BCUT2D eigenvalue weighted by atomic mass is 10.2. The Morgan fingerprint density at radius 2 is 2.15 bits per heavy atom. The lowest BCUT2D eigenvalue weighted by Crippen LogP contribution is -2.30. The molecule has 2 N–H and O–H groups in total. The van der Waals surface area contributed by atoms with Crippen molar-refractivity contribution in [3.05, 3.63) is 47.4 Å². The minimum Gasteiger partial charge on any atom is -0.497 e. The number of hydrogen-bond acceptors (Lipinski definition) is 4. The Morgan fingerprint density at radius 3 is 2.92 bits per heavy atom. The molecule has 1 unspecified atom stereocenters. The van der Waals surface area contributed by atoms with Crippen molar-refractivity contribution in [2.75, 3.05) is 13.7 Å². The Bertz CT molecular complexity index is 957. The van der Waals surface area contributed by atoms with Crippen LogP contribution in [0.5, 0.6) is 5.75 Å². The predicted octanol–water partition coefficient (Wildman–Crippen LogP) is 2.47. The van der Waals surface area contributed by atoms with Crippen molar-refractivity contribution in [3.63, 3.8) is 0 Å². The van der Waals surface area contributed by atoms with E-state index in [1.54, 1.807) is 14.0 Å². The van der Waals surface area contributed by atoms with Crippen LogP contribution in [0.1, 0.15) is 41.3 Å². The molecule has 3 aromatic rings. The largest absolute Gasteiger partial charge is 0.497 e. The fourth-order valence-corrected chi connectivity index (χ4v) is 3.39. The third-order valence-corrected chi connectivity index (χ3v) is 4.81. The first-order valence-electron chi connectivity index (χ1n) is 8.76. The number of ether oxygens (including phenoxy) is 1. The molecule has 1 aliphatic rings. The maximum absolute atomic E-state index is 13.0. The van der Waals surface area contributed by atoms with Crippen molar-refractivity contribution in [3.8, 4) is 5.75 Å². The molecule has 1 amide bonds. The molecule has 0 bridgehead atoms. The molecule has 1 aromatic carbocycles. The quantitative estimate of drug-likeness (QED) is 0.757. The number of H-pyrrole nitrogens is 1. The lowest BCUT2D eigenvalue weighted by molar-refractivity contribution is 0.0741. The van der Waals surface area contributed by atoms with Crippen LogP contribution in [0.25, 0.3) is 10.9 Å². The van der Waals surface area contributed by atoms with Gasteiger partial charge in [-0.3, -0.25) is 9.48 Å². The second-order valence-corrected chi connectivity index (χ2v) is 6.68. The van der Waals surface area contributed by atoms with E-state index in [1.165, 1.54) is 0 Å². The molecule has 0 fully saturated rings. The van der Waals surface area contributed by atoms with E-state index in [-0.39, 0.29) is 5.91 Å². The summed E-state index contributed by atoms with van der Waals surface area (Å²) in [5.41, 5.74) is 3.07. The molecule has 136 valence electrons. The number of nitrogens with zero attached hydrogens (tertiary/aromatic N) is 3. The van der Waals surface area contributed by atoms with Crippen molar-refractivity contribution in [2.24, 2.45) is 0 Å². The van der Waals surface area contributed by atoms with Crippen LogP contribution >= 0.6 is 0 Å². The highest BCUT2D eigenvalue weighted by atomic mass is 16.5. The topological polar surface area (TPSA) is 83.4 Å². The van der Waals surface area contributed by atoms with Gasteiger partial charge in [-0.15, -0.1) is 0 Å². The van der Waals surface area contributed by atoms with Gasteiger partial charge in [0.15, 0.2) is 0 Å². The zero-order valence-electron chi connectivity index (χ0n) is 14.9. The highest BCUT2D eigenvalue weighted by molar-refractivity contribution is 5.98. The number of fused-ring (bicyclic) bond motifs is 2. The molecule has 1 aliphatic heterocycles. The van der Waals surface area contributed by atoms with E-state index in [0.29, 0.717) is 24.5 Å². The van der Waals surface area contributed by atoms with Crippen molar-refractivity contribution in [1.82, 2.24) is 19.7 Å². The number of carbonyl (C=O) groups is 1. The third-order valence-electron chi connectivity index (χ3n) is 4.81. The first-order valence-corrected chi connectivity index (χ1v) is 8.76. The molecular weight excluding hydrogens is 332 g/mol. The van der Waals surface area contributed by atoms with E-state index in [9.17, 15) is 9.90 Å². The number of methoxy groups -OCH3 is 1. The van der Waals surface area contributed by atoms with Crippen LogP contribution in [0.3, 0.4) is 0 Å². The normalized spacial score (nSPS) is 15.6. The fraction of sp³-hybridized carbons (Fsp3) is 0.368. The summed E-state index contributed by atoms with van der Waals surface area (Å²) < 4.78 is 7.14. The number of benzene rings is 1. The Balaban J connectivity index is 1.61. The van der Waals surface area contributed by atoms with Gasteiger partial charge in [0, 0.05) is 24.0 Å². The zero-order chi connectivity index (χ0) is 18.3. The van der Waals surface area contributed by atoms with E-state index >= 15 is 0 Å². The second-order valence-electron chi connectivity index (χ2n) is 6.68. The SMILES string of the molecule is COc1ccc2[nH]c(C(=O)N3CCCn4nc(C(C)O)cc4C3)cc2c1. The molecule has 4 rings (SSSR count). The lowest BCUT2D eigenvalue weighted by Gasteiger charge is -2.19. The van der Waals surface area contributed by atoms with Gasteiger partial charge in [0.05, 0.1) is 31.1 Å². The zero-order valence-corrected chi connectivity index (χ0v) is 14.9.